The Labute approximate surface area is 141 Å². The first-order valence-corrected chi connectivity index (χ1v) is 8.03. The molecule has 2 aliphatic heterocycles. The maximum absolute atomic E-state index is 4.42. The van der Waals surface area contributed by atoms with E-state index in [2.05, 4.69) is 44.9 Å². The number of aromatic nitrogens is 2. The number of pyridine rings is 2. The lowest BCUT2D eigenvalue weighted by Crippen LogP contribution is -2.20. The third kappa shape index (κ3) is 2.99. The van der Waals surface area contributed by atoms with Gasteiger partial charge in [-0.25, -0.2) is 0 Å². The highest BCUT2D eigenvalue weighted by Crippen LogP contribution is 2.28. The van der Waals surface area contributed by atoms with Gasteiger partial charge in [0.25, 0.3) is 0 Å². The van der Waals surface area contributed by atoms with Crippen LogP contribution in [0.2, 0.25) is 0 Å². The van der Waals surface area contributed by atoms with Crippen molar-refractivity contribution in [2.45, 2.75) is 0 Å². The fraction of sp³-hybridized carbons (Fsp3) is 0.100. The fourth-order valence-corrected chi connectivity index (χ4v) is 2.93. The van der Waals surface area contributed by atoms with Crippen molar-refractivity contribution in [1.82, 2.24) is 20.6 Å². The molecule has 4 nitrogen and oxygen atoms in total. The van der Waals surface area contributed by atoms with Crippen LogP contribution in [0.5, 0.6) is 0 Å². The molecule has 0 saturated carbocycles. The minimum Gasteiger partial charge on any atom is -0.360 e. The van der Waals surface area contributed by atoms with Gasteiger partial charge in [0.15, 0.2) is 0 Å². The van der Waals surface area contributed by atoms with E-state index in [1.807, 2.05) is 61.2 Å². The summed E-state index contributed by atoms with van der Waals surface area (Å²) >= 11 is 0. The van der Waals surface area contributed by atoms with E-state index in [0.29, 0.717) is 0 Å². The van der Waals surface area contributed by atoms with E-state index in [-0.39, 0.29) is 11.8 Å². The predicted octanol–water partition coefficient (Wildman–Crippen LogP) is 3.32. The molecule has 2 aliphatic rings. The van der Waals surface area contributed by atoms with Gasteiger partial charge in [0.1, 0.15) is 0 Å². The summed E-state index contributed by atoms with van der Waals surface area (Å²) in [6.07, 6.45) is 16.4. The maximum Gasteiger partial charge on any atom is 0.0861 e. The lowest BCUT2D eigenvalue weighted by molar-refractivity contribution is 0.654. The first kappa shape index (κ1) is 14.5. The summed E-state index contributed by atoms with van der Waals surface area (Å²) in [4.78, 5) is 8.85. The SMILES string of the molecule is C1=CC(C2C=CNC(c3ccccn3)=C2)C=C(c2ccccn2)N1. The number of rotatable bonds is 3. The Hall–Kier alpha value is -3.14. The van der Waals surface area contributed by atoms with Gasteiger partial charge in [-0.15, -0.1) is 0 Å². The van der Waals surface area contributed by atoms with E-state index in [1.165, 1.54) is 0 Å². The minimum atomic E-state index is 0.278. The zero-order valence-electron chi connectivity index (χ0n) is 13.1. The van der Waals surface area contributed by atoms with Crippen molar-refractivity contribution in [2.75, 3.05) is 0 Å². The molecule has 2 aromatic rings. The van der Waals surface area contributed by atoms with Crippen LogP contribution in [0.1, 0.15) is 11.4 Å². The molecule has 2 unspecified atom stereocenters. The molecule has 0 saturated heterocycles. The molecule has 0 spiro atoms. The summed E-state index contributed by atoms with van der Waals surface area (Å²) in [7, 11) is 0. The highest BCUT2D eigenvalue weighted by molar-refractivity contribution is 5.66. The molecule has 0 amide bonds. The highest BCUT2D eigenvalue weighted by Gasteiger charge is 2.20. The molecule has 4 heteroatoms. The van der Waals surface area contributed by atoms with Crippen LogP contribution < -0.4 is 10.6 Å². The molecule has 2 aromatic heterocycles. The van der Waals surface area contributed by atoms with E-state index in [0.717, 1.165) is 22.8 Å². The topological polar surface area (TPSA) is 49.8 Å². The molecule has 0 bridgehead atoms. The van der Waals surface area contributed by atoms with Gasteiger partial charge >= 0.3 is 0 Å². The Kier molecular flexibility index (Phi) is 3.94. The third-order valence-corrected chi connectivity index (χ3v) is 4.16. The Bertz CT molecular complexity index is 748. The van der Waals surface area contributed by atoms with Crippen molar-refractivity contribution in [3.63, 3.8) is 0 Å². The summed E-state index contributed by atoms with van der Waals surface area (Å²) in [5.74, 6) is 0.556. The number of dihydropyridines is 2. The van der Waals surface area contributed by atoms with Gasteiger partial charge in [-0.1, -0.05) is 36.4 Å². The van der Waals surface area contributed by atoms with E-state index in [9.17, 15) is 0 Å². The number of hydrogen-bond acceptors (Lipinski definition) is 4. The molecule has 0 fully saturated rings. The zero-order valence-corrected chi connectivity index (χ0v) is 13.1. The van der Waals surface area contributed by atoms with E-state index in [4.69, 9.17) is 0 Å². The largest absolute Gasteiger partial charge is 0.360 e. The number of hydrogen-bond donors (Lipinski definition) is 2. The molecule has 0 radical (unpaired) electrons. The van der Waals surface area contributed by atoms with Gasteiger partial charge < -0.3 is 10.6 Å². The van der Waals surface area contributed by atoms with Crippen molar-refractivity contribution in [3.05, 3.63) is 96.9 Å². The average Bonchev–Trinajstić information content (AvgIpc) is 2.70. The van der Waals surface area contributed by atoms with Gasteiger partial charge in [-0.3, -0.25) is 9.97 Å². The molecule has 4 heterocycles. The number of nitrogens with zero attached hydrogens (tertiary/aromatic N) is 2. The van der Waals surface area contributed by atoms with Gasteiger partial charge in [0, 0.05) is 24.2 Å². The average molecular weight is 314 g/mol. The second kappa shape index (κ2) is 6.54. The normalized spacial score (nSPS) is 22.2. The third-order valence-electron chi connectivity index (χ3n) is 4.16. The van der Waals surface area contributed by atoms with Crippen LogP contribution in [0, 0.1) is 11.8 Å². The lowest BCUT2D eigenvalue weighted by Gasteiger charge is -2.24. The Morgan fingerprint density at radius 2 is 1.17 bits per heavy atom. The zero-order chi connectivity index (χ0) is 16.2. The van der Waals surface area contributed by atoms with Gasteiger partial charge in [-0.2, -0.15) is 0 Å². The molecular weight excluding hydrogens is 296 g/mol. The van der Waals surface area contributed by atoms with Crippen molar-refractivity contribution < 1.29 is 0 Å². The standard InChI is InChI=1S/C20H18N4/c1-3-9-21-17(5-1)19-13-15(7-11-23-19)16-8-12-24-20(14-16)18-6-2-4-10-22-18/h1-16,23-24H. The predicted molar refractivity (Wildman–Crippen MR) is 96.0 cm³/mol. The van der Waals surface area contributed by atoms with Crippen LogP contribution in [0.4, 0.5) is 0 Å². The Morgan fingerprint density at radius 1 is 0.667 bits per heavy atom. The molecule has 0 aromatic carbocycles. The van der Waals surface area contributed by atoms with Crippen molar-refractivity contribution in [2.24, 2.45) is 11.8 Å². The molecular formula is C20H18N4. The number of nitrogens with one attached hydrogen (secondary N) is 2. The lowest BCUT2D eigenvalue weighted by atomic mass is 9.87. The second-order valence-electron chi connectivity index (χ2n) is 5.75. The van der Waals surface area contributed by atoms with Crippen LogP contribution >= 0.6 is 0 Å². The molecule has 24 heavy (non-hydrogen) atoms. The van der Waals surface area contributed by atoms with E-state index < -0.39 is 0 Å². The van der Waals surface area contributed by atoms with Gasteiger partial charge in [-0.05, 0) is 36.7 Å². The molecule has 118 valence electrons. The van der Waals surface area contributed by atoms with Crippen LogP contribution in [0.15, 0.2) is 85.5 Å². The van der Waals surface area contributed by atoms with Crippen LogP contribution in [-0.4, -0.2) is 9.97 Å². The smallest absolute Gasteiger partial charge is 0.0861 e. The summed E-state index contributed by atoms with van der Waals surface area (Å²) in [6, 6.07) is 11.9. The van der Waals surface area contributed by atoms with Gasteiger partial charge in [0.2, 0.25) is 0 Å². The first-order chi connectivity index (χ1) is 11.9. The number of allylic oxidation sites excluding steroid dienone is 4. The van der Waals surface area contributed by atoms with Crippen molar-refractivity contribution >= 4 is 11.4 Å². The summed E-state index contributed by atoms with van der Waals surface area (Å²) < 4.78 is 0. The van der Waals surface area contributed by atoms with Gasteiger partial charge in [0.05, 0.1) is 22.8 Å². The summed E-state index contributed by atoms with van der Waals surface area (Å²) in [5, 5.41) is 6.59. The van der Waals surface area contributed by atoms with Crippen LogP contribution in [-0.2, 0) is 0 Å². The highest BCUT2D eigenvalue weighted by atomic mass is 14.9. The van der Waals surface area contributed by atoms with Crippen LogP contribution in [0.3, 0.4) is 0 Å². The molecule has 4 rings (SSSR count). The first-order valence-electron chi connectivity index (χ1n) is 8.03. The molecule has 2 atom stereocenters. The molecule has 0 aliphatic carbocycles. The second-order valence-corrected chi connectivity index (χ2v) is 5.75. The van der Waals surface area contributed by atoms with E-state index >= 15 is 0 Å². The van der Waals surface area contributed by atoms with Crippen molar-refractivity contribution in [1.29, 1.82) is 0 Å². The maximum atomic E-state index is 4.42. The van der Waals surface area contributed by atoms with E-state index in [1.54, 1.807) is 0 Å². The Balaban J connectivity index is 1.61. The minimum absolute atomic E-state index is 0.278. The fourth-order valence-electron chi connectivity index (χ4n) is 2.93. The monoisotopic (exact) mass is 314 g/mol. The Morgan fingerprint density at radius 3 is 1.58 bits per heavy atom. The summed E-state index contributed by atoms with van der Waals surface area (Å²) in [5.41, 5.74) is 4.00. The quantitative estimate of drug-likeness (QED) is 0.912. The van der Waals surface area contributed by atoms with Crippen LogP contribution in [0.25, 0.3) is 11.4 Å². The molecule has 2 N–H and O–H groups in total. The van der Waals surface area contributed by atoms with Crippen molar-refractivity contribution in [3.8, 4) is 0 Å². The summed E-state index contributed by atoms with van der Waals surface area (Å²) in [6.45, 7) is 0.